The second kappa shape index (κ2) is 4.87. The fourth-order valence-corrected chi connectivity index (χ4v) is 2.18. The van der Waals surface area contributed by atoms with Crippen LogP contribution in [0.2, 0.25) is 5.28 Å². The van der Waals surface area contributed by atoms with Crippen LogP contribution in [0.25, 0.3) is 0 Å². The molecule has 0 saturated heterocycles. The zero-order valence-corrected chi connectivity index (χ0v) is 10.1. The molecular formula is C11H16ClN3O. The van der Waals surface area contributed by atoms with E-state index in [0.29, 0.717) is 17.5 Å². The number of anilines is 1. The quantitative estimate of drug-likeness (QED) is 0.809. The molecule has 16 heavy (non-hydrogen) atoms. The standard InChI is InChI=1S/C11H16ClN3O/c1-7-4-2-3-5-9(7)16-10-8(13)6-14-11(12)15-10/h6-7,9H,2-5,13H2,1H3. The minimum Gasteiger partial charge on any atom is -0.473 e. The van der Waals surface area contributed by atoms with Crippen LogP contribution < -0.4 is 10.5 Å². The summed E-state index contributed by atoms with van der Waals surface area (Å²) in [4.78, 5) is 7.81. The number of hydrogen-bond acceptors (Lipinski definition) is 4. The van der Waals surface area contributed by atoms with E-state index in [9.17, 15) is 0 Å². The van der Waals surface area contributed by atoms with Crippen molar-refractivity contribution >= 4 is 17.3 Å². The van der Waals surface area contributed by atoms with Crippen LogP contribution >= 0.6 is 11.6 Å². The zero-order chi connectivity index (χ0) is 11.5. The Bertz CT molecular complexity index is 372. The molecule has 1 aliphatic carbocycles. The van der Waals surface area contributed by atoms with Gasteiger partial charge in [-0.1, -0.05) is 13.3 Å². The highest BCUT2D eigenvalue weighted by atomic mass is 35.5. The molecule has 1 aromatic rings. The summed E-state index contributed by atoms with van der Waals surface area (Å²) >= 11 is 5.71. The van der Waals surface area contributed by atoms with Gasteiger partial charge in [0, 0.05) is 0 Å². The molecule has 5 heteroatoms. The second-order valence-corrected chi connectivity index (χ2v) is 4.66. The highest BCUT2D eigenvalue weighted by Gasteiger charge is 2.24. The van der Waals surface area contributed by atoms with E-state index in [2.05, 4.69) is 16.9 Å². The maximum Gasteiger partial charge on any atom is 0.241 e. The molecule has 0 bridgehead atoms. The van der Waals surface area contributed by atoms with Crippen molar-refractivity contribution in [2.45, 2.75) is 38.7 Å². The Kier molecular flexibility index (Phi) is 3.49. The van der Waals surface area contributed by atoms with Gasteiger partial charge < -0.3 is 10.5 Å². The normalized spacial score (nSPS) is 25.4. The summed E-state index contributed by atoms with van der Waals surface area (Å²) in [5.74, 6) is 0.959. The van der Waals surface area contributed by atoms with Gasteiger partial charge in [-0.15, -0.1) is 0 Å². The first kappa shape index (κ1) is 11.5. The van der Waals surface area contributed by atoms with E-state index in [4.69, 9.17) is 22.1 Å². The van der Waals surface area contributed by atoms with Gasteiger partial charge in [0.1, 0.15) is 11.8 Å². The fraction of sp³-hybridized carbons (Fsp3) is 0.636. The molecule has 0 aromatic carbocycles. The van der Waals surface area contributed by atoms with Crippen molar-refractivity contribution in [3.05, 3.63) is 11.5 Å². The van der Waals surface area contributed by atoms with Gasteiger partial charge in [0.25, 0.3) is 0 Å². The van der Waals surface area contributed by atoms with Gasteiger partial charge in [-0.2, -0.15) is 4.98 Å². The summed E-state index contributed by atoms with van der Waals surface area (Å²) in [5.41, 5.74) is 6.19. The Morgan fingerprint density at radius 3 is 2.94 bits per heavy atom. The van der Waals surface area contributed by atoms with Crippen molar-refractivity contribution in [1.82, 2.24) is 9.97 Å². The zero-order valence-electron chi connectivity index (χ0n) is 9.32. The van der Waals surface area contributed by atoms with Gasteiger partial charge in [0.2, 0.25) is 11.2 Å². The molecular weight excluding hydrogens is 226 g/mol. The molecule has 0 amide bonds. The van der Waals surface area contributed by atoms with Crippen LogP contribution in [0.4, 0.5) is 5.69 Å². The smallest absolute Gasteiger partial charge is 0.241 e. The van der Waals surface area contributed by atoms with Crippen LogP contribution in [0.3, 0.4) is 0 Å². The predicted octanol–water partition coefficient (Wildman–Crippen LogP) is 2.67. The van der Waals surface area contributed by atoms with E-state index >= 15 is 0 Å². The summed E-state index contributed by atoms with van der Waals surface area (Å²) in [6.45, 7) is 2.20. The minimum absolute atomic E-state index is 0.174. The summed E-state index contributed by atoms with van der Waals surface area (Å²) in [5, 5.41) is 0.174. The van der Waals surface area contributed by atoms with Crippen molar-refractivity contribution in [3.8, 4) is 5.88 Å². The van der Waals surface area contributed by atoms with E-state index in [1.165, 1.54) is 25.5 Å². The first-order valence-electron chi connectivity index (χ1n) is 5.61. The molecule has 1 saturated carbocycles. The number of nitrogen functional groups attached to an aromatic ring is 1. The van der Waals surface area contributed by atoms with Crippen molar-refractivity contribution < 1.29 is 4.74 Å². The van der Waals surface area contributed by atoms with Crippen LogP contribution in [-0.2, 0) is 0 Å². The molecule has 2 unspecified atom stereocenters. The van der Waals surface area contributed by atoms with Crippen molar-refractivity contribution in [1.29, 1.82) is 0 Å². The SMILES string of the molecule is CC1CCCCC1Oc1nc(Cl)ncc1N. The van der Waals surface area contributed by atoms with E-state index in [0.717, 1.165) is 6.42 Å². The number of nitrogens with two attached hydrogens (primary N) is 1. The van der Waals surface area contributed by atoms with E-state index < -0.39 is 0 Å². The predicted molar refractivity (Wildman–Crippen MR) is 63.5 cm³/mol. The summed E-state index contributed by atoms with van der Waals surface area (Å²) in [7, 11) is 0. The van der Waals surface area contributed by atoms with Crippen molar-refractivity contribution in [2.75, 3.05) is 5.73 Å². The summed E-state index contributed by atoms with van der Waals surface area (Å²) in [6.07, 6.45) is 6.42. The molecule has 1 fully saturated rings. The summed E-state index contributed by atoms with van der Waals surface area (Å²) in [6, 6.07) is 0. The maximum atomic E-state index is 5.82. The van der Waals surface area contributed by atoms with Crippen LogP contribution in [-0.4, -0.2) is 16.1 Å². The average molecular weight is 242 g/mol. The van der Waals surface area contributed by atoms with Crippen LogP contribution in [0.15, 0.2) is 6.20 Å². The molecule has 0 aliphatic heterocycles. The van der Waals surface area contributed by atoms with Gasteiger partial charge in [-0.05, 0) is 36.8 Å². The highest BCUT2D eigenvalue weighted by molar-refractivity contribution is 6.28. The van der Waals surface area contributed by atoms with Gasteiger partial charge >= 0.3 is 0 Å². The van der Waals surface area contributed by atoms with E-state index in [-0.39, 0.29) is 11.4 Å². The Morgan fingerprint density at radius 2 is 2.19 bits per heavy atom. The molecule has 88 valence electrons. The minimum atomic E-state index is 0.174. The first-order valence-corrected chi connectivity index (χ1v) is 5.99. The molecule has 1 aromatic heterocycles. The molecule has 0 spiro atoms. The van der Waals surface area contributed by atoms with Gasteiger partial charge in [0.15, 0.2) is 0 Å². The molecule has 2 atom stereocenters. The molecule has 2 N–H and O–H groups in total. The van der Waals surface area contributed by atoms with E-state index in [1.54, 1.807) is 0 Å². The Hall–Kier alpha value is -1.03. The third-order valence-electron chi connectivity index (χ3n) is 3.05. The van der Waals surface area contributed by atoms with Crippen molar-refractivity contribution in [2.24, 2.45) is 5.92 Å². The monoisotopic (exact) mass is 241 g/mol. The average Bonchev–Trinajstić information content (AvgIpc) is 2.27. The highest BCUT2D eigenvalue weighted by Crippen LogP contribution is 2.29. The number of hydrogen-bond donors (Lipinski definition) is 1. The Labute approximate surface area is 100 Å². The topological polar surface area (TPSA) is 61.0 Å². The van der Waals surface area contributed by atoms with Crippen LogP contribution in [0, 0.1) is 5.92 Å². The number of rotatable bonds is 2. The number of halogens is 1. The fourth-order valence-electron chi connectivity index (χ4n) is 2.05. The van der Waals surface area contributed by atoms with Gasteiger partial charge in [0.05, 0.1) is 6.20 Å². The van der Waals surface area contributed by atoms with Gasteiger partial charge in [-0.25, -0.2) is 4.98 Å². The van der Waals surface area contributed by atoms with Gasteiger partial charge in [-0.3, -0.25) is 0 Å². The number of nitrogens with zero attached hydrogens (tertiary/aromatic N) is 2. The Balaban J connectivity index is 2.10. The lowest BCUT2D eigenvalue weighted by molar-refractivity contribution is 0.0983. The summed E-state index contributed by atoms with van der Waals surface area (Å²) < 4.78 is 5.82. The lowest BCUT2D eigenvalue weighted by Crippen LogP contribution is -2.29. The first-order chi connectivity index (χ1) is 7.66. The largest absolute Gasteiger partial charge is 0.473 e. The molecule has 0 radical (unpaired) electrons. The molecule has 1 heterocycles. The van der Waals surface area contributed by atoms with Crippen molar-refractivity contribution in [3.63, 3.8) is 0 Å². The molecule has 4 nitrogen and oxygen atoms in total. The Morgan fingerprint density at radius 1 is 1.44 bits per heavy atom. The third-order valence-corrected chi connectivity index (χ3v) is 3.23. The van der Waals surface area contributed by atoms with Crippen LogP contribution in [0.5, 0.6) is 5.88 Å². The van der Waals surface area contributed by atoms with Crippen LogP contribution in [0.1, 0.15) is 32.6 Å². The number of ether oxygens (including phenoxy) is 1. The lowest BCUT2D eigenvalue weighted by Gasteiger charge is -2.29. The molecule has 2 rings (SSSR count). The van der Waals surface area contributed by atoms with E-state index in [1.807, 2.05) is 0 Å². The third kappa shape index (κ3) is 2.55. The maximum absolute atomic E-state index is 5.82. The lowest BCUT2D eigenvalue weighted by atomic mass is 9.88. The second-order valence-electron chi connectivity index (χ2n) is 4.32. The molecule has 1 aliphatic rings. The number of aromatic nitrogens is 2.